The van der Waals surface area contributed by atoms with Gasteiger partial charge in [0.05, 0.1) is 24.3 Å². The highest BCUT2D eigenvalue weighted by Gasteiger charge is 2.26. The van der Waals surface area contributed by atoms with Crippen molar-refractivity contribution in [2.24, 2.45) is 5.73 Å². The summed E-state index contributed by atoms with van der Waals surface area (Å²) in [4.78, 5) is 0. The second kappa shape index (κ2) is 3.20. The van der Waals surface area contributed by atoms with Crippen molar-refractivity contribution in [3.63, 3.8) is 0 Å². The maximum absolute atomic E-state index is 8.86. The second-order valence-corrected chi connectivity index (χ2v) is 3.09. The summed E-state index contributed by atoms with van der Waals surface area (Å²) in [5.74, 6) is 1.25. The summed E-state index contributed by atoms with van der Waals surface area (Å²) < 4.78 is 10.5. The predicted molar refractivity (Wildman–Crippen MR) is 50.1 cm³/mol. The van der Waals surface area contributed by atoms with Gasteiger partial charge >= 0.3 is 0 Å². The Kier molecular flexibility index (Phi) is 2.02. The summed E-state index contributed by atoms with van der Waals surface area (Å²) in [6.07, 6.45) is 0. The van der Waals surface area contributed by atoms with E-state index < -0.39 is 0 Å². The fraction of sp³-hybridized carbons (Fsp3) is 0.300. The van der Waals surface area contributed by atoms with Gasteiger partial charge in [-0.3, -0.25) is 0 Å². The van der Waals surface area contributed by atoms with Crippen LogP contribution in [-0.2, 0) is 0 Å². The number of methoxy groups -OCH3 is 1. The highest BCUT2D eigenvalue weighted by Crippen LogP contribution is 2.39. The molecule has 0 amide bonds. The maximum Gasteiger partial charge on any atom is 0.145 e. The van der Waals surface area contributed by atoms with Crippen LogP contribution in [0.3, 0.4) is 0 Å². The number of ether oxygens (including phenoxy) is 2. The van der Waals surface area contributed by atoms with Gasteiger partial charge in [-0.25, -0.2) is 0 Å². The zero-order valence-corrected chi connectivity index (χ0v) is 7.78. The van der Waals surface area contributed by atoms with Crippen LogP contribution in [0, 0.1) is 11.3 Å². The van der Waals surface area contributed by atoms with Crippen molar-refractivity contribution >= 4 is 0 Å². The molecule has 0 aliphatic carbocycles. The Morgan fingerprint density at radius 2 is 2.43 bits per heavy atom. The van der Waals surface area contributed by atoms with Crippen molar-refractivity contribution in [3.8, 4) is 17.6 Å². The van der Waals surface area contributed by atoms with E-state index in [1.54, 1.807) is 12.1 Å². The largest absolute Gasteiger partial charge is 0.495 e. The zero-order chi connectivity index (χ0) is 10.1. The standard InChI is InChI=1S/C10H10N2O2/c1-13-10-6(4-11)2-3-8-9(10)7(12)5-14-8/h2-3,7H,5,12H2,1H3/t7-/m0/s1. The molecule has 14 heavy (non-hydrogen) atoms. The number of hydrogen-bond acceptors (Lipinski definition) is 4. The third-order valence-corrected chi connectivity index (χ3v) is 2.27. The number of nitrogens with two attached hydrogens (primary N) is 1. The normalized spacial score (nSPS) is 18.2. The Balaban J connectivity index is 2.64. The number of benzene rings is 1. The molecule has 0 saturated carbocycles. The molecule has 1 aliphatic heterocycles. The van der Waals surface area contributed by atoms with Crippen LogP contribution >= 0.6 is 0 Å². The molecular weight excluding hydrogens is 180 g/mol. The number of nitrogens with zero attached hydrogens (tertiary/aromatic N) is 1. The van der Waals surface area contributed by atoms with Crippen LogP contribution in [0.4, 0.5) is 0 Å². The first-order valence-electron chi connectivity index (χ1n) is 4.27. The van der Waals surface area contributed by atoms with Crippen LogP contribution in [0.5, 0.6) is 11.5 Å². The van der Waals surface area contributed by atoms with Crippen molar-refractivity contribution < 1.29 is 9.47 Å². The molecular formula is C10H10N2O2. The molecule has 0 aromatic heterocycles. The van der Waals surface area contributed by atoms with E-state index in [9.17, 15) is 0 Å². The van der Waals surface area contributed by atoms with E-state index in [0.29, 0.717) is 23.7 Å². The van der Waals surface area contributed by atoms with Gasteiger partial charge < -0.3 is 15.2 Å². The monoisotopic (exact) mass is 190 g/mol. The molecule has 4 heteroatoms. The average molecular weight is 190 g/mol. The fourth-order valence-electron chi connectivity index (χ4n) is 1.63. The Bertz CT molecular complexity index is 409. The van der Waals surface area contributed by atoms with Gasteiger partial charge in [0.25, 0.3) is 0 Å². The summed E-state index contributed by atoms with van der Waals surface area (Å²) in [6, 6.07) is 5.29. The van der Waals surface area contributed by atoms with Crippen LogP contribution in [-0.4, -0.2) is 13.7 Å². The van der Waals surface area contributed by atoms with E-state index in [0.717, 1.165) is 5.56 Å². The highest BCUT2D eigenvalue weighted by molar-refractivity contribution is 5.57. The van der Waals surface area contributed by atoms with Crippen LogP contribution < -0.4 is 15.2 Å². The molecule has 72 valence electrons. The molecule has 1 heterocycles. The van der Waals surface area contributed by atoms with Gasteiger partial charge in [-0.15, -0.1) is 0 Å². The molecule has 1 aliphatic rings. The number of nitriles is 1. The Morgan fingerprint density at radius 3 is 3.07 bits per heavy atom. The highest BCUT2D eigenvalue weighted by atomic mass is 16.5. The van der Waals surface area contributed by atoms with E-state index >= 15 is 0 Å². The minimum Gasteiger partial charge on any atom is -0.495 e. The first-order valence-corrected chi connectivity index (χ1v) is 4.27. The Morgan fingerprint density at radius 1 is 1.64 bits per heavy atom. The Labute approximate surface area is 81.8 Å². The van der Waals surface area contributed by atoms with Crippen molar-refractivity contribution in [3.05, 3.63) is 23.3 Å². The SMILES string of the molecule is COc1c(C#N)ccc2c1[C@@H](N)CO2. The minimum atomic E-state index is -0.201. The molecule has 1 aromatic carbocycles. The first-order chi connectivity index (χ1) is 6.77. The summed E-state index contributed by atoms with van der Waals surface area (Å²) >= 11 is 0. The Hall–Kier alpha value is -1.73. The lowest BCUT2D eigenvalue weighted by Crippen LogP contribution is -2.12. The van der Waals surface area contributed by atoms with Crippen LogP contribution in [0.25, 0.3) is 0 Å². The van der Waals surface area contributed by atoms with Gasteiger partial charge in [0, 0.05) is 0 Å². The minimum absolute atomic E-state index is 0.201. The van der Waals surface area contributed by atoms with Crippen LogP contribution in [0.1, 0.15) is 17.2 Å². The van der Waals surface area contributed by atoms with Gasteiger partial charge in [-0.2, -0.15) is 5.26 Å². The van der Waals surface area contributed by atoms with Crippen molar-refractivity contribution in [1.29, 1.82) is 5.26 Å². The van der Waals surface area contributed by atoms with Gasteiger partial charge in [-0.05, 0) is 12.1 Å². The molecule has 0 fully saturated rings. The first kappa shape index (κ1) is 8.85. The fourth-order valence-corrected chi connectivity index (χ4v) is 1.63. The topological polar surface area (TPSA) is 68.3 Å². The molecule has 0 spiro atoms. The number of rotatable bonds is 1. The van der Waals surface area contributed by atoms with E-state index in [1.807, 2.05) is 0 Å². The summed E-state index contributed by atoms with van der Waals surface area (Å²) in [5.41, 5.74) is 7.12. The average Bonchev–Trinajstić information content (AvgIpc) is 2.59. The summed E-state index contributed by atoms with van der Waals surface area (Å²) in [6.45, 7) is 0.445. The quantitative estimate of drug-likeness (QED) is 0.716. The van der Waals surface area contributed by atoms with E-state index in [2.05, 4.69) is 6.07 Å². The lowest BCUT2D eigenvalue weighted by Gasteiger charge is -2.09. The molecule has 0 saturated heterocycles. The smallest absolute Gasteiger partial charge is 0.145 e. The van der Waals surface area contributed by atoms with E-state index in [1.165, 1.54) is 7.11 Å². The van der Waals surface area contributed by atoms with Crippen LogP contribution in [0.15, 0.2) is 12.1 Å². The van der Waals surface area contributed by atoms with E-state index in [-0.39, 0.29) is 6.04 Å². The molecule has 0 radical (unpaired) electrons. The summed E-state index contributed by atoms with van der Waals surface area (Å²) in [7, 11) is 1.53. The molecule has 1 aromatic rings. The van der Waals surface area contributed by atoms with Gasteiger partial charge in [0.1, 0.15) is 24.2 Å². The third-order valence-electron chi connectivity index (χ3n) is 2.27. The van der Waals surface area contributed by atoms with Gasteiger partial charge in [-0.1, -0.05) is 0 Å². The lowest BCUT2D eigenvalue weighted by atomic mass is 10.0. The van der Waals surface area contributed by atoms with E-state index in [4.69, 9.17) is 20.5 Å². The van der Waals surface area contributed by atoms with Crippen molar-refractivity contribution in [2.45, 2.75) is 6.04 Å². The summed E-state index contributed by atoms with van der Waals surface area (Å²) in [5, 5.41) is 8.86. The zero-order valence-electron chi connectivity index (χ0n) is 7.78. The molecule has 1 atom stereocenters. The third kappa shape index (κ3) is 1.10. The van der Waals surface area contributed by atoms with Crippen LogP contribution in [0.2, 0.25) is 0 Å². The van der Waals surface area contributed by atoms with Gasteiger partial charge in [0.2, 0.25) is 0 Å². The molecule has 4 nitrogen and oxygen atoms in total. The van der Waals surface area contributed by atoms with Gasteiger partial charge in [0.15, 0.2) is 0 Å². The molecule has 0 bridgehead atoms. The number of hydrogen-bond donors (Lipinski definition) is 1. The predicted octanol–water partition coefficient (Wildman–Crippen LogP) is 0.959. The molecule has 2 rings (SSSR count). The van der Waals surface area contributed by atoms with Crippen molar-refractivity contribution in [1.82, 2.24) is 0 Å². The second-order valence-electron chi connectivity index (χ2n) is 3.09. The molecule has 2 N–H and O–H groups in total. The van der Waals surface area contributed by atoms with Crippen molar-refractivity contribution in [2.75, 3.05) is 13.7 Å². The molecule has 0 unspecified atom stereocenters. The maximum atomic E-state index is 8.86. The number of fused-ring (bicyclic) bond motifs is 1. The lowest BCUT2D eigenvalue weighted by molar-refractivity contribution is 0.333.